The third-order valence-electron chi connectivity index (χ3n) is 10.4. The van der Waals surface area contributed by atoms with Crippen LogP contribution < -0.4 is 0 Å². The Hall–Kier alpha value is 1.38. The molecule has 2 aliphatic heterocycles. The minimum absolute atomic E-state index is 0. The fraction of sp³-hybridized carbons (Fsp3) is 0.944. The molecule has 4 aliphatic rings. The molecule has 0 radical (unpaired) electrons. The number of rotatable bonds is 2. The zero-order valence-corrected chi connectivity index (χ0v) is 32.1. The van der Waals surface area contributed by atoms with Crippen molar-refractivity contribution in [2.45, 2.75) is 194 Å². The first kappa shape index (κ1) is 40.4. The van der Waals surface area contributed by atoms with Crippen LogP contribution in [-0.2, 0) is 17.1 Å². The van der Waals surface area contributed by atoms with E-state index in [9.17, 15) is 0 Å². The molecule has 234 valence electrons. The first-order valence-corrected chi connectivity index (χ1v) is 19.1. The molecule has 4 fully saturated rings. The summed E-state index contributed by atoms with van der Waals surface area (Å²) in [6.07, 6.45) is 18.3. The van der Waals surface area contributed by atoms with E-state index >= 15 is 0 Å². The summed E-state index contributed by atoms with van der Waals surface area (Å²) in [5.74, 6) is 0. The van der Waals surface area contributed by atoms with Crippen molar-refractivity contribution in [2.75, 3.05) is 0 Å². The van der Waals surface area contributed by atoms with Gasteiger partial charge in [-0.3, -0.25) is 0 Å². The maximum atomic E-state index is 2.49. The quantitative estimate of drug-likeness (QED) is 0.163. The second-order valence-electron chi connectivity index (χ2n) is 17.5. The molecule has 4 unspecified atom stereocenters. The molecule has 2 heterocycles. The average molecular weight is 623 g/mol. The van der Waals surface area contributed by atoms with E-state index < -0.39 is 0 Å². The largest absolute Gasteiger partial charge is 2.00 e. The summed E-state index contributed by atoms with van der Waals surface area (Å²) in [4.78, 5) is 0. The minimum Gasteiger partial charge on any atom is -0.358 e. The van der Waals surface area contributed by atoms with Crippen molar-refractivity contribution in [3.05, 3.63) is 14.9 Å². The Kier molecular flexibility index (Phi) is 15.9. The summed E-state index contributed by atoms with van der Waals surface area (Å²) < 4.78 is 0. The molecular weight excluding hydrogens is 550 g/mol. The van der Waals surface area contributed by atoms with Crippen molar-refractivity contribution >= 4 is 15.8 Å². The van der Waals surface area contributed by atoms with Crippen LogP contribution in [-0.4, -0.2) is 34.0 Å². The number of hydrogen-bond acceptors (Lipinski definition) is 0. The van der Waals surface area contributed by atoms with Crippen molar-refractivity contribution in [2.24, 2.45) is 21.7 Å². The maximum Gasteiger partial charge on any atom is 2.00 e. The average Bonchev–Trinajstić information content (AvgIpc) is 3.52. The fourth-order valence-corrected chi connectivity index (χ4v) is 18.8. The van der Waals surface area contributed by atoms with E-state index in [-0.39, 0.29) is 47.8 Å². The van der Waals surface area contributed by atoms with Gasteiger partial charge in [-0.2, -0.15) is 0 Å². The Bertz CT molecular complexity index is 573. The molecule has 2 aliphatic carbocycles. The summed E-state index contributed by atoms with van der Waals surface area (Å²) in [6.45, 7) is 29.9. The van der Waals surface area contributed by atoms with Gasteiger partial charge in [0, 0.05) is 0 Å². The van der Waals surface area contributed by atoms with Crippen LogP contribution in [0.5, 0.6) is 0 Å². The predicted molar refractivity (Wildman–Crippen MR) is 183 cm³/mol. The first-order chi connectivity index (χ1) is 16.4. The molecule has 39 heavy (non-hydrogen) atoms. The summed E-state index contributed by atoms with van der Waals surface area (Å²) in [5, 5.41) is 0. The third-order valence-corrected chi connectivity index (χ3v) is 20.1. The summed E-state index contributed by atoms with van der Waals surface area (Å²) >= 11 is 0. The van der Waals surface area contributed by atoms with E-state index in [1.807, 2.05) is 0 Å². The molecule has 3 heteroatoms. The van der Waals surface area contributed by atoms with E-state index in [0.717, 1.165) is 34.0 Å². The third kappa shape index (κ3) is 10.2. The second kappa shape index (κ2) is 15.4. The van der Waals surface area contributed by atoms with Gasteiger partial charge in [0.1, 0.15) is 0 Å². The molecule has 0 bridgehead atoms. The van der Waals surface area contributed by atoms with Gasteiger partial charge in [0.15, 0.2) is 0 Å². The zero-order chi connectivity index (χ0) is 27.1. The normalized spacial score (nSPS) is 32.6. The Morgan fingerprint density at radius 2 is 0.538 bits per heavy atom. The summed E-state index contributed by atoms with van der Waals surface area (Å²) in [6, 6.07) is 0. The van der Waals surface area contributed by atoms with Gasteiger partial charge in [0.25, 0.3) is 0 Å². The minimum atomic E-state index is 0. The Balaban J connectivity index is 0.000000688. The van der Waals surface area contributed by atoms with Gasteiger partial charge in [0.05, 0.1) is 0 Å². The van der Waals surface area contributed by atoms with Crippen LogP contribution in [0.2, 0.25) is 0 Å². The van der Waals surface area contributed by atoms with Crippen LogP contribution in [0.15, 0.2) is 0 Å². The second-order valence-corrected chi connectivity index (χ2v) is 23.2. The number of hydrogen-bond donors (Lipinski definition) is 0. The van der Waals surface area contributed by atoms with Crippen LogP contribution >= 0.6 is 15.8 Å². The topological polar surface area (TPSA) is 0 Å². The van der Waals surface area contributed by atoms with Gasteiger partial charge in [-0.15, -0.1) is 0 Å². The van der Waals surface area contributed by atoms with Crippen molar-refractivity contribution < 1.29 is 17.1 Å². The van der Waals surface area contributed by atoms with E-state index in [1.165, 1.54) is 51.4 Å². The van der Waals surface area contributed by atoms with Crippen LogP contribution in [0.1, 0.15) is 160 Å². The van der Waals surface area contributed by atoms with Crippen LogP contribution in [0.3, 0.4) is 0 Å². The van der Waals surface area contributed by atoms with Crippen molar-refractivity contribution in [1.29, 1.82) is 0 Å². The Morgan fingerprint density at radius 3 is 0.692 bits per heavy atom. The van der Waals surface area contributed by atoms with Crippen LogP contribution in [0.25, 0.3) is 0 Å². The fourth-order valence-electron chi connectivity index (χ4n) is 8.61. The molecular formula is C36H72FeP2. The van der Waals surface area contributed by atoms with Gasteiger partial charge < -0.3 is 14.9 Å². The maximum absolute atomic E-state index is 2.49. The zero-order valence-electron chi connectivity index (χ0n) is 29.2. The summed E-state index contributed by atoms with van der Waals surface area (Å²) in [7, 11) is 0.502. The van der Waals surface area contributed by atoms with E-state index in [0.29, 0.717) is 21.7 Å². The molecule has 0 aromatic carbocycles. The molecule has 2 saturated carbocycles. The molecule has 4 rings (SSSR count). The Morgan fingerprint density at radius 1 is 0.359 bits per heavy atom. The smallest absolute Gasteiger partial charge is 0.358 e. The SMILES string of the molecule is CC(C)(C)C1CCC(C(C)(C)C)P1C1CCCC1.CC(C)(C)C1CCC(C(C)(C)C)P1C1CCCC1.[CH3-].[CH3-].[Fe+2]. The predicted octanol–water partition coefficient (Wildman–Crippen LogP) is 13.0. The van der Waals surface area contributed by atoms with Crippen LogP contribution in [0.4, 0.5) is 0 Å². The van der Waals surface area contributed by atoms with E-state index in [2.05, 4.69) is 83.1 Å². The van der Waals surface area contributed by atoms with Gasteiger partial charge in [0.2, 0.25) is 0 Å². The van der Waals surface area contributed by atoms with E-state index in [4.69, 9.17) is 0 Å². The standard InChI is InChI=1S/2C17H33P.2CH3.Fe/c2*1-16(2,3)14-11-12-15(17(4,5)6)18(14)13-9-7-8-10-13;;;/h2*13-15H,7-12H2,1-6H3;2*1H3;/q;;2*-1;+2. The molecule has 0 amide bonds. The Labute approximate surface area is 262 Å². The monoisotopic (exact) mass is 622 g/mol. The van der Waals surface area contributed by atoms with Crippen molar-refractivity contribution in [3.8, 4) is 0 Å². The van der Waals surface area contributed by atoms with Crippen molar-refractivity contribution in [1.82, 2.24) is 0 Å². The molecule has 4 atom stereocenters. The van der Waals surface area contributed by atoms with Gasteiger partial charge >= 0.3 is 17.1 Å². The molecule has 2 saturated heterocycles. The molecule has 0 N–H and O–H groups in total. The van der Waals surface area contributed by atoms with Gasteiger partial charge in [-0.1, -0.05) is 125 Å². The molecule has 0 aromatic heterocycles. The van der Waals surface area contributed by atoms with Gasteiger partial charge in [-0.25, -0.2) is 0 Å². The van der Waals surface area contributed by atoms with Crippen LogP contribution in [0, 0.1) is 36.5 Å². The van der Waals surface area contributed by atoms with Gasteiger partial charge in [-0.05, 0) is 107 Å². The molecule has 0 spiro atoms. The van der Waals surface area contributed by atoms with Crippen molar-refractivity contribution in [3.63, 3.8) is 0 Å². The molecule has 0 nitrogen and oxygen atoms in total. The van der Waals surface area contributed by atoms with E-state index in [1.54, 1.807) is 25.7 Å². The first-order valence-electron chi connectivity index (χ1n) is 16.0. The summed E-state index contributed by atoms with van der Waals surface area (Å²) in [5.41, 5.74) is 8.47. The molecule has 0 aromatic rings.